The highest BCUT2D eigenvalue weighted by molar-refractivity contribution is 7.16. The van der Waals surface area contributed by atoms with Crippen molar-refractivity contribution in [3.05, 3.63) is 47.9 Å². The molecule has 1 saturated heterocycles. The molecule has 12 heteroatoms. The van der Waals surface area contributed by atoms with Crippen molar-refractivity contribution in [2.24, 2.45) is 0 Å². The van der Waals surface area contributed by atoms with E-state index in [-0.39, 0.29) is 5.91 Å². The van der Waals surface area contributed by atoms with Crippen LogP contribution < -0.4 is 15.5 Å². The van der Waals surface area contributed by atoms with Crippen LogP contribution in [0.5, 0.6) is 0 Å². The van der Waals surface area contributed by atoms with E-state index in [1.54, 1.807) is 24.1 Å². The van der Waals surface area contributed by atoms with Crippen molar-refractivity contribution in [3.63, 3.8) is 0 Å². The monoisotopic (exact) mass is 474 g/mol. The molecule has 0 bridgehead atoms. The first-order valence-electron chi connectivity index (χ1n) is 10.9. The van der Waals surface area contributed by atoms with Crippen LogP contribution in [0.15, 0.2) is 42.3 Å². The molecular weight excluding hydrogens is 452 g/mol. The number of aromatic nitrogens is 6. The van der Waals surface area contributed by atoms with Gasteiger partial charge in [0.1, 0.15) is 5.82 Å². The number of hydrogen-bond acceptors (Lipinski definition) is 9. The standard InChI is InChI=1S/C22H22N10OS/c1-31-4-6-32(7-5-31)17-9-15-14(27-22(28-15)30-21-23-2-3-24-21)8-13(17)20(33)29-19-10-18-16(11-25-19)26-12-34-18/h2-3,8-12H,4-7H2,1H3,(H,25,29,33)(H3,23,24,27,28,30). The van der Waals surface area contributed by atoms with Gasteiger partial charge in [-0.3, -0.25) is 10.1 Å². The smallest absolute Gasteiger partial charge is 0.259 e. The maximum absolute atomic E-state index is 13.5. The molecule has 1 aliphatic heterocycles. The Morgan fingerprint density at radius 3 is 2.76 bits per heavy atom. The molecule has 5 heterocycles. The molecule has 34 heavy (non-hydrogen) atoms. The predicted octanol–water partition coefficient (Wildman–Crippen LogP) is 3.04. The molecule has 1 amide bonds. The van der Waals surface area contributed by atoms with E-state index < -0.39 is 0 Å². The fourth-order valence-corrected chi connectivity index (χ4v) is 4.74. The summed E-state index contributed by atoms with van der Waals surface area (Å²) in [6.45, 7) is 3.51. The highest BCUT2D eigenvalue weighted by Crippen LogP contribution is 2.29. The van der Waals surface area contributed by atoms with Gasteiger partial charge in [-0.1, -0.05) is 0 Å². The van der Waals surface area contributed by atoms with Crippen LogP contribution in [0.25, 0.3) is 21.3 Å². The zero-order valence-electron chi connectivity index (χ0n) is 18.4. The van der Waals surface area contributed by atoms with Crippen LogP contribution in [-0.4, -0.2) is 73.9 Å². The lowest BCUT2D eigenvalue weighted by molar-refractivity contribution is 0.102. The quantitative estimate of drug-likeness (QED) is 0.306. The summed E-state index contributed by atoms with van der Waals surface area (Å²) < 4.78 is 0.974. The van der Waals surface area contributed by atoms with Gasteiger partial charge in [-0.05, 0) is 19.2 Å². The Balaban J connectivity index is 1.36. The van der Waals surface area contributed by atoms with Crippen LogP contribution in [0.1, 0.15) is 10.4 Å². The average Bonchev–Trinajstić information content (AvgIpc) is 3.59. The van der Waals surface area contributed by atoms with Crippen molar-refractivity contribution >= 4 is 61.9 Å². The number of nitrogens with zero attached hydrogens (tertiary/aromatic N) is 6. The Morgan fingerprint density at radius 1 is 1.06 bits per heavy atom. The molecule has 1 fully saturated rings. The van der Waals surface area contributed by atoms with E-state index in [4.69, 9.17) is 0 Å². The van der Waals surface area contributed by atoms with Gasteiger partial charge >= 0.3 is 0 Å². The minimum absolute atomic E-state index is 0.220. The molecule has 0 radical (unpaired) electrons. The number of hydrogen-bond donors (Lipinski definition) is 4. The summed E-state index contributed by atoms with van der Waals surface area (Å²) >= 11 is 1.51. The van der Waals surface area contributed by atoms with E-state index in [1.165, 1.54) is 11.3 Å². The van der Waals surface area contributed by atoms with Crippen LogP contribution >= 0.6 is 11.3 Å². The summed E-state index contributed by atoms with van der Waals surface area (Å²) in [5.74, 6) is 1.41. The average molecular weight is 475 g/mol. The first-order valence-corrected chi connectivity index (χ1v) is 11.7. The largest absolute Gasteiger partial charge is 0.368 e. The number of pyridine rings is 1. The Kier molecular flexibility index (Phi) is 5.08. The van der Waals surface area contributed by atoms with Crippen LogP contribution in [0.4, 0.5) is 23.4 Å². The second kappa shape index (κ2) is 8.39. The number of carbonyl (C=O) groups excluding carboxylic acids is 1. The number of anilines is 4. The van der Waals surface area contributed by atoms with Crippen LogP contribution in [0, 0.1) is 0 Å². The Hall–Kier alpha value is -4.03. The van der Waals surface area contributed by atoms with E-state index in [1.807, 2.05) is 18.2 Å². The van der Waals surface area contributed by atoms with Crippen LogP contribution in [0.2, 0.25) is 0 Å². The number of H-pyrrole nitrogens is 2. The molecule has 4 aromatic heterocycles. The van der Waals surface area contributed by atoms with Gasteiger partial charge < -0.3 is 25.1 Å². The summed E-state index contributed by atoms with van der Waals surface area (Å²) in [4.78, 5) is 41.7. The fourth-order valence-electron chi connectivity index (χ4n) is 4.05. The molecule has 0 atom stereocenters. The number of imidazole rings is 2. The maximum Gasteiger partial charge on any atom is 0.259 e. The number of likely N-dealkylation sites (N-methyl/N-ethyl adjacent to an activating group) is 1. The molecule has 0 aliphatic carbocycles. The van der Waals surface area contributed by atoms with Crippen molar-refractivity contribution in [2.45, 2.75) is 0 Å². The van der Waals surface area contributed by atoms with E-state index >= 15 is 0 Å². The zero-order chi connectivity index (χ0) is 23.1. The lowest BCUT2D eigenvalue weighted by atomic mass is 10.1. The molecule has 11 nitrogen and oxygen atoms in total. The molecule has 1 aliphatic rings. The third-order valence-electron chi connectivity index (χ3n) is 5.88. The SMILES string of the molecule is CN1CCN(c2cc3nc(Nc4ncc[nH]4)[nH]c3cc2C(=O)Nc2cc3scnc3cn2)CC1. The second-order valence-electron chi connectivity index (χ2n) is 8.17. The van der Waals surface area contributed by atoms with Crippen molar-refractivity contribution in [2.75, 3.05) is 48.8 Å². The lowest BCUT2D eigenvalue weighted by Crippen LogP contribution is -2.45. The number of aromatic amines is 2. The maximum atomic E-state index is 13.5. The number of amides is 1. The number of benzene rings is 1. The van der Waals surface area contributed by atoms with Gasteiger partial charge in [0.2, 0.25) is 11.9 Å². The van der Waals surface area contributed by atoms with Gasteiger partial charge in [0.05, 0.1) is 44.2 Å². The third kappa shape index (κ3) is 3.93. The summed E-state index contributed by atoms with van der Waals surface area (Å²) in [6, 6.07) is 5.67. The molecular formula is C22H22N10OS. The first-order chi connectivity index (χ1) is 16.6. The number of fused-ring (bicyclic) bond motifs is 2. The lowest BCUT2D eigenvalue weighted by Gasteiger charge is -2.35. The van der Waals surface area contributed by atoms with E-state index in [0.717, 1.165) is 53.1 Å². The molecule has 4 N–H and O–H groups in total. The van der Waals surface area contributed by atoms with Crippen molar-refractivity contribution in [1.82, 2.24) is 34.8 Å². The molecule has 0 spiro atoms. The Morgan fingerprint density at radius 2 is 1.94 bits per heavy atom. The normalized spacial score (nSPS) is 14.7. The highest BCUT2D eigenvalue weighted by atomic mass is 32.1. The zero-order valence-corrected chi connectivity index (χ0v) is 19.2. The number of piperazine rings is 1. The molecule has 5 aromatic rings. The highest BCUT2D eigenvalue weighted by Gasteiger charge is 2.23. The Bertz CT molecular complexity index is 1470. The van der Waals surface area contributed by atoms with E-state index in [0.29, 0.717) is 23.3 Å². The summed E-state index contributed by atoms with van der Waals surface area (Å²) in [5, 5.41) is 6.08. The van der Waals surface area contributed by atoms with Crippen LogP contribution in [-0.2, 0) is 0 Å². The number of thiazole rings is 1. The first kappa shape index (κ1) is 20.6. The Labute approximate surface area is 198 Å². The number of carbonyl (C=O) groups is 1. The molecule has 0 unspecified atom stereocenters. The third-order valence-corrected chi connectivity index (χ3v) is 6.67. The van der Waals surface area contributed by atoms with Gasteiger partial charge in [0, 0.05) is 44.6 Å². The van der Waals surface area contributed by atoms with Gasteiger partial charge in [-0.25, -0.2) is 19.9 Å². The topological polar surface area (TPSA) is 131 Å². The van der Waals surface area contributed by atoms with Gasteiger partial charge in [-0.2, -0.15) is 0 Å². The van der Waals surface area contributed by atoms with Crippen molar-refractivity contribution < 1.29 is 4.79 Å². The molecule has 0 saturated carbocycles. The van der Waals surface area contributed by atoms with Crippen molar-refractivity contribution in [1.29, 1.82) is 0 Å². The van der Waals surface area contributed by atoms with E-state index in [9.17, 15) is 4.79 Å². The van der Waals surface area contributed by atoms with Gasteiger partial charge in [-0.15, -0.1) is 11.3 Å². The van der Waals surface area contributed by atoms with Gasteiger partial charge in [0.25, 0.3) is 5.91 Å². The summed E-state index contributed by atoms with van der Waals surface area (Å²) in [6.07, 6.45) is 5.07. The summed E-state index contributed by atoms with van der Waals surface area (Å²) in [7, 11) is 2.11. The molecule has 1 aromatic carbocycles. The van der Waals surface area contributed by atoms with Crippen molar-refractivity contribution in [3.8, 4) is 0 Å². The second-order valence-corrected chi connectivity index (χ2v) is 9.06. The predicted molar refractivity (Wildman–Crippen MR) is 133 cm³/mol. The minimum atomic E-state index is -0.220. The molecule has 6 rings (SSSR count). The fraction of sp³-hybridized carbons (Fsp3) is 0.227. The van der Waals surface area contributed by atoms with E-state index in [2.05, 4.69) is 57.4 Å². The summed E-state index contributed by atoms with van der Waals surface area (Å²) in [5.41, 5.74) is 5.52. The minimum Gasteiger partial charge on any atom is -0.368 e. The van der Waals surface area contributed by atoms with Crippen LogP contribution in [0.3, 0.4) is 0 Å². The number of rotatable bonds is 5. The van der Waals surface area contributed by atoms with Gasteiger partial charge in [0.15, 0.2) is 0 Å². The number of nitrogens with one attached hydrogen (secondary N) is 4. The molecule has 172 valence electrons.